The predicted molar refractivity (Wildman–Crippen MR) is 89.5 cm³/mol. The van der Waals surface area contributed by atoms with Gasteiger partial charge in [0, 0.05) is 5.69 Å². The largest absolute Gasteiger partial charge is 0.417 e. The standard InChI is InChI=1S/C19H17F6NO/c1-17(2,3)14-6-4-5-13(15(14)19(23,24)25)16(27)26-12-9-7-11(8-10-12)18(20,21)22/h4-10H,1-3H3,(H,26,27). The molecule has 1 amide bonds. The van der Waals surface area contributed by atoms with Gasteiger partial charge in [-0.3, -0.25) is 4.79 Å². The Bertz CT molecular complexity index is 829. The summed E-state index contributed by atoms with van der Waals surface area (Å²) in [6, 6.07) is 7.15. The van der Waals surface area contributed by atoms with E-state index in [2.05, 4.69) is 5.32 Å². The van der Waals surface area contributed by atoms with Crippen LogP contribution in [0.25, 0.3) is 0 Å². The second kappa shape index (κ2) is 6.90. The SMILES string of the molecule is CC(C)(C)c1cccc(C(=O)Nc2ccc(C(F)(F)F)cc2)c1C(F)(F)F. The van der Waals surface area contributed by atoms with E-state index in [4.69, 9.17) is 0 Å². The molecular formula is C19H17F6NO. The Morgan fingerprint density at radius 1 is 0.815 bits per heavy atom. The lowest BCUT2D eigenvalue weighted by Crippen LogP contribution is -2.25. The van der Waals surface area contributed by atoms with Crippen LogP contribution < -0.4 is 5.32 Å². The van der Waals surface area contributed by atoms with E-state index in [-0.39, 0.29) is 11.3 Å². The molecule has 0 saturated heterocycles. The number of hydrogen-bond acceptors (Lipinski definition) is 1. The third-order valence-electron chi connectivity index (χ3n) is 3.87. The molecule has 0 unspecified atom stereocenters. The number of alkyl halides is 6. The third kappa shape index (κ3) is 4.81. The van der Waals surface area contributed by atoms with Gasteiger partial charge in [0.15, 0.2) is 0 Å². The smallest absolute Gasteiger partial charge is 0.322 e. The lowest BCUT2D eigenvalue weighted by atomic mass is 9.81. The average molecular weight is 389 g/mol. The summed E-state index contributed by atoms with van der Waals surface area (Å²) in [5.74, 6) is -1.05. The van der Waals surface area contributed by atoms with E-state index < -0.39 is 40.4 Å². The Hall–Kier alpha value is -2.51. The highest BCUT2D eigenvalue weighted by molar-refractivity contribution is 6.05. The van der Waals surface area contributed by atoms with Crippen molar-refractivity contribution in [1.82, 2.24) is 0 Å². The molecule has 2 aromatic carbocycles. The van der Waals surface area contributed by atoms with Gasteiger partial charge in [0.05, 0.1) is 16.7 Å². The van der Waals surface area contributed by atoms with Gasteiger partial charge in [-0.25, -0.2) is 0 Å². The van der Waals surface area contributed by atoms with Gasteiger partial charge < -0.3 is 5.32 Å². The molecule has 2 nitrogen and oxygen atoms in total. The number of carbonyl (C=O) groups excluding carboxylic acids is 1. The summed E-state index contributed by atoms with van der Waals surface area (Å²) in [4.78, 5) is 12.4. The van der Waals surface area contributed by atoms with E-state index in [1.165, 1.54) is 12.1 Å². The summed E-state index contributed by atoms with van der Waals surface area (Å²) in [5, 5.41) is 2.22. The molecule has 1 N–H and O–H groups in total. The van der Waals surface area contributed by atoms with E-state index in [9.17, 15) is 31.1 Å². The topological polar surface area (TPSA) is 29.1 Å². The zero-order valence-electron chi connectivity index (χ0n) is 14.7. The molecular weight excluding hydrogens is 372 g/mol. The molecule has 0 heterocycles. The maximum absolute atomic E-state index is 13.6. The molecule has 0 aliphatic rings. The minimum atomic E-state index is -4.77. The molecule has 8 heteroatoms. The van der Waals surface area contributed by atoms with Gasteiger partial charge in [0.2, 0.25) is 0 Å². The van der Waals surface area contributed by atoms with Crippen molar-refractivity contribution >= 4 is 11.6 Å². The van der Waals surface area contributed by atoms with E-state index in [1.54, 1.807) is 20.8 Å². The highest BCUT2D eigenvalue weighted by Gasteiger charge is 2.40. The fraction of sp³-hybridized carbons (Fsp3) is 0.316. The maximum Gasteiger partial charge on any atom is 0.417 e. The number of carbonyl (C=O) groups is 1. The normalized spacial score (nSPS) is 12.8. The van der Waals surface area contributed by atoms with Crippen LogP contribution in [0.5, 0.6) is 0 Å². The van der Waals surface area contributed by atoms with Gasteiger partial charge >= 0.3 is 12.4 Å². The second-order valence-corrected chi connectivity index (χ2v) is 7.01. The molecule has 0 aliphatic heterocycles. The van der Waals surface area contributed by atoms with Crippen molar-refractivity contribution in [2.24, 2.45) is 0 Å². The molecule has 2 rings (SSSR count). The minimum absolute atomic E-state index is 0.0395. The number of hydrogen-bond donors (Lipinski definition) is 1. The first-order valence-electron chi connectivity index (χ1n) is 7.90. The Morgan fingerprint density at radius 3 is 1.81 bits per heavy atom. The molecule has 0 spiro atoms. The van der Waals surface area contributed by atoms with Crippen molar-refractivity contribution in [2.75, 3.05) is 5.32 Å². The molecule has 0 aromatic heterocycles. The first kappa shape index (κ1) is 20.8. The molecule has 0 radical (unpaired) electrons. The molecule has 0 bridgehead atoms. The van der Waals surface area contributed by atoms with Crippen molar-refractivity contribution in [3.05, 3.63) is 64.7 Å². The quantitative estimate of drug-likeness (QED) is 0.602. The van der Waals surface area contributed by atoms with Crippen LogP contribution in [0.3, 0.4) is 0 Å². The number of rotatable bonds is 2. The van der Waals surface area contributed by atoms with Crippen LogP contribution in [-0.4, -0.2) is 5.91 Å². The number of amides is 1. The van der Waals surface area contributed by atoms with Crippen LogP contribution >= 0.6 is 0 Å². The number of anilines is 1. The molecule has 0 aliphatic carbocycles. The highest BCUT2D eigenvalue weighted by atomic mass is 19.4. The fourth-order valence-corrected chi connectivity index (χ4v) is 2.61. The van der Waals surface area contributed by atoms with Crippen LogP contribution in [-0.2, 0) is 17.8 Å². The summed E-state index contributed by atoms with van der Waals surface area (Å²) >= 11 is 0. The molecule has 0 fully saturated rings. The Labute approximate surface area is 152 Å². The lowest BCUT2D eigenvalue weighted by molar-refractivity contribution is -0.139. The zero-order chi connectivity index (χ0) is 20.6. The minimum Gasteiger partial charge on any atom is -0.322 e. The molecule has 27 heavy (non-hydrogen) atoms. The summed E-state index contributed by atoms with van der Waals surface area (Å²) < 4.78 is 78.6. The summed E-state index contributed by atoms with van der Waals surface area (Å²) in [7, 11) is 0. The van der Waals surface area contributed by atoms with Gasteiger partial charge in [-0.2, -0.15) is 26.3 Å². The van der Waals surface area contributed by atoms with Crippen LogP contribution in [0.2, 0.25) is 0 Å². The monoisotopic (exact) mass is 389 g/mol. The maximum atomic E-state index is 13.6. The Balaban J connectivity index is 2.42. The van der Waals surface area contributed by atoms with E-state index in [0.29, 0.717) is 0 Å². The van der Waals surface area contributed by atoms with Crippen LogP contribution in [0.15, 0.2) is 42.5 Å². The number of benzene rings is 2. The van der Waals surface area contributed by atoms with Crippen molar-refractivity contribution in [2.45, 2.75) is 38.5 Å². The predicted octanol–water partition coefficient (Wildman–Crippen LogP) is 6.27. The first-order chi connectivity index (χ1) is 12.2. The Morgan fingerprint density at radius 2 is 1.37 bits per heavy atom. The molecule has 146 valence electrons. The van der Waals surface area contributed by atoms with Gasteiger partial charge in [-0.05, 0) is 41.3 Å². The molecule has 0 saturated carbocycles. The third-order valence-corrected chi connectivity index (χ3v) is 3.87. The average Bonchev–Trinajstić information content (AvgIpc) is 2.52. The van der Waals surface area contributed by atoms with Gasteiger partial charge in [-0.15, -0.1) is 0 Å². The van der Waals surface area contributed by atoms with E-state index in [0.717, 1.165) is 30.3 Å². The number of nitrogens with one attached hydrogen (secondary N) is 1. The Kier molecular flexibility index (Phi) is 5.32. The van der Waals surface area contributed by atoms with Crippen molar-refractivity contribution in [1.29, 1.82) is 0 Å². The van der Waals surface area contributed by atoms with Crippen LogP contribution in [0, 0.1) is 0 Å². The van der Waals surface area contributed by atoms with Gasteiger partial charge in [-0.1, -0.05) is 32.9 Å². The molecule has 2 aromatic rings. The van der Waals surface area contributed by atoms with Crippen LogP contribution in [0.4, 0.5) is 32.0 Å². The van der Waals surface area contributed by atoms with Crippen LogP contribution in [0.1, 0.15) is 47.8 Å². The van der Waals surface area contributed by atoms with Gasteiger partial charge in [0.25, 0.3) is 5.91 Å². The fourth-order valence-electron chi connectivity index (χ4n) is 2.61. The number of halogens is 6. The summed E-state index contributed by atoms with van der Waals surface area (Å²) in [6.45, 7) is 4.78. The first-order valence-corrected chi connectivity index (χ1v) is 7.90. The van der Waals surface area contributed by atoms with Gasteiger partial charge in [0.1, 0.15) is 0 Å². The lowest BCUT2D eigenvalue weighted by Gasteiger charge is -2.26. The van der Waals surface area contributed by atoms with Crippen molar-refractivity contribution in [3.63, 3.8) is 0 Å². The van der Waals surface area contributed by atoms with Crippen molar-refractivity contribution in [3.8, 4) is 0 Å². The highest BCUT2D eigenvalue weighted by Crippen LogP contribution is 2.40. The second-order valence-electron chi connectivity index (χ2n) is 7.01. The van der Waals surface area contributed by atoms with Crippen molar-refractivity contribution < 1.29 is 31.1 Å². The van der Waals surface area contributed by atoms with E-state index >= 15 is 0 Å². The molecule has 0 atom stereocenters. The van der Waals surface area contributed by atoms with E-state index in [1.807, 2.05) is 0 Å². The zero-order valence-corrected chi connectivity index (χ0v) is 14.7. The summed E-state index contributed by atoms with van der Waals surface area (Å²) in [6.07, 6.45) is -9.32. The summed E-state index contributed by atoms with van der Waals surface area (Å²) in [5.41, 5.74) is -3.52.